The molecule has 1 saturated carbocycles. The molecule has 1 unspecified atom stereocenters. The maximum absolute atomic E-state index is 12.8. The first-order valence-corrected chi connectivity index (χ1v) is 13.0. The van der Waals surface area contributed by atoms with Gasteiger partial charge in [0, 0.05) is 39.8 Å². The lowest BCUT2D eigenvalue weighted by atomic mass is 9.63. The Morgan fingerprint density at radius 1 is 0.889 bits per heavy atom. The van der Waals surface area contributed by atoms with Gasteiger partial charge in [0.2, 0.25) is 0 Å². The number of hydrogen-bond donors (Lipinski definition) is 1. The van der Waals surface area contributed by atoms with Crippen LogP contribution in [0.5, 0.6) is 0 Å². The number of carbonyl (C=O) groups excluding carboxylic acids is 2. The van der Waals surface area contributed by atoms with E-state index in [1.165, 1.54) is 29.7 Å². The number of hydrogen-bond acceptors (Lipinski definition) is 3. The number of rotatable bonds is 7. The Labute approximate surface area is 214 Å². The van der Waals surface area contributed by atoms with Crippen molar-refractivity contribution in [2.45, 2.75) is 32.4 Å². The van der Waals surface area contributed by atoms with E-state index in [-0.39, 0.29) is 5.41 Å². The molecule has 5 heteroatoms. The number of carbonyl (C=O) groups is 2. The Morgan fingerprint density at radius 2 is 1.53 bits per heavy atom. The van der Waals surface area contributed by atoms with Gasteiger partial charge >= 0.3 is 11.8 Å². The van der Waals surface area contributed by atoms with Crippen molar-refractivity contribution in [1.29, 1.82) is 0 Å². The predicted octanol–water partition coefficient (Wildman–Crippen LogP) is 4.73. The molecule has 1 N–H and O–H groups in total. The molecule has 186 valence electrons. The van der Waals surface area contributed by atoms with E-state index in [9.17, 15) is 9.59 Å². The number of likely N-dealkylation sites (tertiary alicyclic amines) is 1. The third-order valence-electron chi connectivity index (χ3n) is 8.01. The highest BCUT2D eigenvalue weighted by Gasteiger charge is 2.50. The molecule has 36 heavy (non-hydrogen) atoms. The molecule has 3 aromatic rings. The molecule has 3 aromatic carbocycles. The second-order valence-corrected chi connectivity index (χ2v) is 10.5. The quantitative estimate of drug-likeness (QED) is 0.497. The summed E-state index contributed by atoms with van der Waals surface area (Å²) in [5.41, 5.74) is 4.90. The average Bonchev–Trinajstić information content (AvgIpc) is 3.27. The maximum Gasteiger partial charge on any atom is 0.311 e. The predicted molar refractivity (Wildman–Crippen MR) is 143 cm³/mol. The SMILES string of the molecule is CN(Cc1ccc(-c2ccccc2)cc1)C(=O)C(=O)NCC1CN(Cc2ccccc2)CC12CCC2. The van der Waals surface area contributed by atoms with Gasteiger partial charge in [0.15, 0.2) is 0 Å². The molecule has 1 atom stereocenters. The summed E-state index contributed by atoms with van der Waals surface area (Å²) in [6, 6.07) is 28.9. The van der Waals surface area contributed by atoms with Crippen LogP contribution in [0.1, 0.15) is 30.4 Å². The highest BCUT2D eigenvalue weighted by Crippen LogP contribution is 2.51. The van der Waals surface area contributed by atoms with Gasteiger partial charge in [-0.15, -0.1) is 0 Å². The summed E-state index contributed by atoms with van der Waals surface area (Å²) < 4.78 is 0. The Hall–Kier alpha value is -3.44. The van der Waals surface area contributed by atoms with Gasteiger partial charge < -0.3 is 10.2 Å². The molecule has 5 rings (SSSR count). The van der Waals surface area contributed by atoms with E-state index in [0.717, 1.165) is 36.3 Å². The number of nitrogens with zero attached hydrogens (tertiary/aromatic N) is 2. The molecule has 2 fully saturated rings. The van der Waals surface area contributed by atoms with Crippen LogP contribution in [0.25, 0.3) is 11.1 Å². The Balaban J connectivity index is 1.13. The zero-order chi connectivity index (χ0) is 25.0. The summed E-state index contributed by atoms with van der Waals surface area (Å²) >= 11 is 0. The summed E-state index contributed by atoms with van der Waals surface area (Å²) in [4.78, 5) is 29.6. The van der Waals surface area contributed by atoms with Crippen LogP contribution in [0.2, 0.25) is 0 Å². The van der Waals surface area contributed by atoms with Gasteiger partial charge in [0.05, 0.1) is 0 Å². The van der Waals surface area contributed by atoms with E-state index in [1.54, 1.807) is 7.05 Å². The highest BCUT2D eigenvalue weighted by molar-refractivity contribution is 6.34. The monoisotopic (exact) mass is 481 g/mol. The molecule has 0 radical (unpaired) electrons. The molecule has 0 bridgehead atoms. The lowest BCUT2D eigenvalue weighted by Gasteiger charge is -2.43. The fourth-order valence-corrected chi connectivity index (χ4v) is 5.83. The zero-order valence-electron chi connectivity index (χ0n) is 21.0. The largest absolute Gasteiger partial charge is 0.347 e. The molecule has 2 amide bonds. The average molecular weight is 482 g/mol. The summed E-state index contributed by atoms with van der Waals surface area (Å²) in [6.45, 7) is 3.95. The smallest absolute Gasteiger partial charge is 0.311 e. The van der Waals surface area contributed by atoms with Crippen LogP contribution < -0.4 is 5.32 Å². The summed E-state index contributed by atoms with van der Waals surface area (Å²) in [7, 11) is 1.69. The van der Waals surface area contributed by atoms with Crippen LogP contribution in [-0.2, 0) is 22.7 Å². The normalized spacial score (nSPS) is 18.5. The number of nitrogens with one attached hydrogen (secondary N) is 1. The van der Waals surface area contributed by atoms with Crippen molar-refractivity contribution in [2.75, 3.05) is 26.7 Å². The van der Waals surface area contributed by atoms with E-state index in [1.807, 2.05) is 36.4 Å². The minimum atomic E-state index is -0.505. The topological polar surface area (TPSA) is 52.7 Å². The molecule has 2 aliphatic rings. The van der Waals surface area contributed by atoms with E-state index in [4.69, 9.17) is 0 Å². The van der Waals surface area contributed by atoms with Crippen molar-refractivity contribution in [3.05, 3.63) is 96.1 Å². The Kier molecular flexibility index (Phi) is 7.19. The minimum absolute atomic E-state index is 0.289. The first-order valence-electron chi connectivity index (χ1n) is 13.0. The fourth-order valence-electron chi connectivity index (χ4n) is 5.83. The first-order chi connectivity index (χ1) is 17.5. The number of benzene rings is 3. The van der Waals surface area contributed by atoms with Crippen LogP contribution in [0.15, 0.2) is 84.9 Å². The van der Waals surface area contributed by atoms with Gasteiger partial charge in [-0.3, -0.25) is 14.5 Å². The Morgan fingerprint density at radius 3 is 2.17 bits per heavy atom. The molecule has 1 spiro atoms. The van der Waals surface area contributed by atoms with E-state index in [0.29, 0.717) is 19.0 Å². The van der Waals surface area contributed by atoms with Crippen molar-refractivity contribution in [3.63, 3.8) is 0 Å². The fraction of sp³-hybridized carbons (Fsp3) is 0.355. The van der Waals surface area contributed by atoms with Crippen molar-refractivity contribution < 1.29 is 9.59 Å². The first kappa shape index (κ1) is 24.3. The summed E-state index contributed by atoms with van der Waals surface area (Å²) in [5.74, 6) is -0.596. The second-order valence-electron chi connectivity index (χ2n) is 10.5. The van der Waals surface area contributed by atoms with Gasteiger partial charge in [-0.2, -0.15) is 0 Å². The van der Waals surface area contributed by atoms with Gasteiger partial charge in [0.1, 0.15) is 0 Å². The van der Waals surface area contributed by atoms with Crippen LogP contribution in [0, 0.1) is 11.3 Å². The van der Waals surface area contributed by atoms with E-state index in [2.05, 4.69) is 58.7 Å². The maximum atomic E-state index is 12.8. The van der Waals surface area contributed by atoms with Crippen LogP contribution in [0.4, 0.5) is 0 Å². The molecular weight excluding hydrogens is 446 g/mol. The van der Waals surface area contributed by atoms with Crippen LogP contribution in [-0.4, -0.2) is 48.3 Å². The lowest BCUT2D eigenvalue weighted by Crippen LogP contribution is -2.46. The molecule has 1 aliphatic heterocycles. The summed E-state index contributed by atoms with van der Waals surface area (Å²) in [6.07, 6.45) is 3.69. The number of likely N-dealkylation sites (N-methyl/N-ethyl adjacent to an activating group) is 1. The van der Waals surface area contributed by atoms with Crippen molar-refractivity contribution in [2.24, 2.45) is 11.3 Å². The second kappa shape index (κ2) is 10.7. The zero-order valence-corrected chi connectivity index (χ0v) is 21.0. The van der Waals surface area contributed by atoms with Crippen molar-refractivity contribution >= 4 is 11.8 Å². The van der Waals surface area contributed by atoms with Crippen molar-refractivity contribution in [3.8, 4) is 11.1 Å². The standard InChI is InChI=1S/C31H35N3O2/c1-33(20-25-13-15-27(16-14-25)26-11-6-3-7-12-26)30(36)29(35)32-19-28-22-34(23-31(28)17-8-18-31)21-24-9-4-2-5-10-24/h2-7,9-16,28H,8,17-23H2,1H3,(H,32,35). The van der Waals surface area contributed by atoms with Crippen LogP contribution in [0.3, 0.4) is 0 Å². The molecule has 1 aliphatic carbocycles. The van der Waals surface area contributed by atoms with Gasteiger partial charge in [-0.1, -0.05) is 91.3 Å². The molecule has 5 nitrogen and oxygen atoms in total. The van der Waals surface area contributed by atoms with E-state index >= 15 is 0 Å². The van der Waals surface area contributed by atoms with Crippen LogP contribution >= 0.6 is 0 Å². The minimum Gasteiger partial charge on any atom is -0.347 e. The third-order valence-corrected chi connectivity index (χ3v) is 8.01. The number of amides is 2. The molecule has 0 aromatic heterocycles. The Bertz CT molecular complexity index is 1170. The summed E-state index contributed by atoms with van der Waals surface area (Å²) in [5, 5.41) is 2.97. The van der Waals surface area contributed by atoms with Gasteiger partial charge in [-0.25, -0.2) is 0 Å². The molecule has 1 heterocycles. The van der Waals surface area contributed by atoms with Gasteiger partial charge in [0.25, 0.3) is 0 Å². The van der Waals surface area contributed by atoms with Gasteiger partial charge in [-0.05, 0) is 46.4 Å². The molecular formula is C31H35N3O2. The highest BCUT2D eigenvalue weighted by atomic mass is 16.2. The third kappa shape index (κ3) is 5.36. The van der Waals surface area contributed by atoms with E-state index < -0.39 is 11.8 Å². The molecule has 1 saturated heterocycles. The van der Waals surface area contributed by atoms with Crippen molar-refractivity contribution in [1.82, 2.24) is 15.1 Å². The lowest BCUT2D eigenvalue weighted by molar-refractivity contribution is -0.145.